The largest absolute Gasteiger partial charge is 0.416 e. The summed E-state index contributed by atoms with van der Waals surface area (Å²) in [5, 5.41) is 20.9. The molecule has 11 heteroatoms. The fraction of sp³-hybridized carbons (Fsp3) is 0.333. The summed E-state index contributed by atoms with van der Waals surface area (Å²) in [6.45, 7) is 0.689. The van der Waals surface area contributed by atoms with Crippen molar-refractivity contribution >= 4 is 5.82 Å². The van der Waals surface area contributed by atoms with Gasteiger partial charge in [0.1, 0.15) is 12.2 Å². The van der Waals surface area contributed by atoms with Crippen LogP contribution in [0.3, 0.4) is 0 Å². The van der Waals surface area contributed by atoms with Crippen molar-refractivity contribution in [1.82, 2.24) is 20.3 Å². The Morgan fingerprint density at radius 2 is 1.97 bits per heavy atom. The van der Waals surface area contributed by atoms with Crippen LogP contribution in [0.2, 0.25) is 0 Å². The third-order valence-electron chi connectivity index (χ3n) is 5.07. The normalized spacial score (nSPS) is 18.5. The summed E-state index contributed by atoms with van der Waals surface area (Å²) in [5.74, 6) is 6.89. The van der Waals surface area contributed by atoms with Crippen LogP contribution in [-0.4, -0.2) is 51.2 Å². The smallest absolute Gasteiger partial charge is 0.388 e. The predicted octanol–water partition coefficient (Wildman–Crippen LogP) is 2.68. The monoisotopic (exact) mass is 445 g/mol. The first-order valence-electron chi connectivity index (χ1n) is 9.60. The molecule has 1 unspecified atom stereocenters. The van der Waals surface area contributed by atoms with E-state index in [9.17, 15) is 13.2 Å². The summed E-state index contributed by atoms with van der Waals surface area (Å²) in [6, 6.07) is 8.13. The SMILES string of the molecule is COC1(C#Cc2ccc(C(F)(F)F)cc2)CCN(c2ccc(-c3nc(CO)no3)nn2)C1. The van der Waals surface area contributed by atoms with E-state index in [1.165, 1.54) is 12.1 Å². The van der Waals surface area contributed by atoms with Gasteiger partial charge in [-0.25, -0.2) is 0 Å². The Bertz CT molecular complexity index is 1140. The fourth-order valence-electron chi connectivity index (χ4n) is 3.26. The maximum Gasteiger partial charge on any atom is 0.416 e. The maximum atomic E-state index is 12.7. The minimum absolute atomic E-state index is 0.155. The molecule has 1 aliphatic rings. The van der Waals surface area contributed by atoms with Crippen LogP contribution in [-0.2, 0) is 17.5 Å². The molecular weight excluding hydrogens is 427 g/mol. The zero-order valence-corrected chi connectivity index (χ0v) is 16.9. The molecule has 166 valence electrons. The molecule has 3 aromatic rings. The van der Waals surface area contributed by atoms with Crippen LogP contribution < -0.4 is 4.90 Å². The van der Waals surface area contributed by atoms with Gasteiger partial charge in [-0.15, -0.1) is 10.2 Å². The van der Waals surface area contributed by atoms with Gasteiger partial charge in [0.25, 0.3) is 5.89 Å². The van der Waals surface area contributed by atoms with Crippen LogP contribution in [0.5, 0.6) is 0 Å². The minimum Gasteiger partial charge on any atom is -0.388 e. The zero-order valence-electron chi connectivity index (χ0n) is 16.9. The Morgan fingerprint density at radius 1 is 1.19 bits per heavy atom. The molecule has 32 heavy (non-hydrogen) atoms. The number of alkyl halides is 3. The number of methoxy groups -OCH3 is 1. The lowest BCUT2D eigenvalue weighted by Crippen LogP contribution is -2.34. The van der Waals surface area contributed by atoms with Crippen LogP contribution in [0.4, 0.5) is 19.0 Å². The Kier molecular flexibility index (Phi) is 5.82. The second kappa shape index (κ2) is 8.57. The number of rotatable bonds is 4. The van der Waals surface area contributed by atoms with Gasteiger partial charge in [-0.2, -0.15) is 18.2 Å². The molecule has 0 amide bonds. The van der Waals surface area contributed by atoms with Gasteiger partial charge in [0.2, 0.25) is 0 Å². The Hall–Kier alpha value is -3.49. The number of aromatic nitrogens is 4. The van der Waals surface area contributed by atoms with Gasteiger partial charge in [0.15, 0.2) is 17.3 Å². The number of nitrogens with zero attached hydrogens (tertiary/aromatic N) is 5. The van der Waals surface area contributed by atoms with Gasteiger partial charge in [0.05, 0.1) is 12.1 Å². The average Bonchev–Trinajstić information content (AvgIpc) is 3.46. The molecule has 1 N–H and O–H groups in total. The van der Waals surface area contributed by atoms with Crippen LogP contribution in [0.25, 0.3) is 11.6 Å². The molecule has 0 saturated carbocycles. The zero-order chi connectivity index (χ0) is 22.8. The van der Waals surface area contributed by atoms with E-state index in [1.54, 1.807) is 19.2 Å². The van der Waals surface area contributed by atoms with Crippen molar-refractivity contribution in [3.63, 3.8) is 0 Å². The molecule has 4 rings (SSSR count). The first-order chi connectivity index (χ1) is 15.3. The third kappa shape index (κ3) is 4.56. The van der Waals surface area contributed by atoms with Crippen LogP contribution >= 0.6 is 0 Å². The second-order valence-electron chi connectivity index (χ2n) is 7.15. The van der Waals surface area contributed by atoms with E-state index in [4.69, 9.17) is 14.4 Å². The summed E-state index contributed by atoms with van der Waals surface area (Å²) in [7, 11) is 1.55. The molecule has 8 nitrogen and oxygen atoms in total. The lowest BCUT2D eigenvalue weighted by molar-refractivity contribution is -0.137. The highest BCUT2D eigenvalue weighted by molar-refractivity contribution is 5.51. The Balaban J connectivity index is 1.47. The van der Waals surface area contributed by atoms with E-state index in [-0.39, 0.29) is 18.3 Å². The van der Waals surface area contributed by atoms with Gasteiger partial charge in [-0.3, -0.25) is 0 Å². The molecule has 2 aromatic heterocycles. The molecule has 0 radical (unpaired) electrons. The lowest BCUT2D eigenvalue weighted by Gasteiger charge is -2.22. The highest BCUT2D eigenvalue weighted by Crippen LogP contribution is 2.30. The predicted molar refractivity (Wildman–Crippen MR) is 106 cm³/mol. The second-order valence-corrected chi connectivity index (χ2v) is 7.15. The van der Waals surface area contributed by atoms with E-state index in [0.717, 1.165) is 12.1 Å². The van der Waals surface area contributed by atoms with E-state index in [2.05, 4.69) is 32.2 Å². The van der Waals surface area contributed by atoms with Gasteiger partial charge < -0.3 is 19.3 Å². The number of anilines is 1. The number of ether oxygens (including phenoxy) is 1. The van der Waals surface area contributed by atoms with Crippen LogP contribution in [0.15, 0.2) is 40.9 Å². The number of aliphatic hydroxyl groups is 1. The van der Waals surface area contributed by atoms with Crippen molar-refractivity contribution in [1.29, 1.82) is 0 Å². The molecule has 3 heterocycles. The van der Waals surface area contributed by atoms with Crippen molar-refractivity contribution in [2.24, 2.45) is 0 Å². The summed E-state index contributed by atoms with van der Waals surface area (Å²) < 4.78 is 48.8. The highest BCUT2D eigenvalue weighted by Gasteiger charge is 2.37. The molecule has 1 saturated heterocycles. The van der Waals surface area contributed by atoms with Crippen LogP contribution in [0.1, 0.15) is 23.4 Å². The topological polar surface area (TPSA) is 97.4 Å². The Labute approximate surface area is 181 Å². The first kappa shape index (κ1) is 21.7. The highest BCUT2D eigenvalue weighted by atomic mass is 19.4. The van der Waals surface area contributed by atoms with E-state index in [1.807, 2.05) is 4.90 Å². The summed E-state index contributed by atoms with van der Waals surface area (Å²) in [6.07, 6.45) is -3.79. The fourth-order valence-corrected chi connectivity index (χ4v) is 3.26. The number of benzene rings is 1. The van der Waals surface area contributed by atoms with Crippen molar-refractivity contribution < 1.29 is 27.5 Å². The quantitative estimate of drug-likeness (QED) is 0.613. The number of halogens is 3. The van der Waals surface area contributed by atoms with Crippen molar-refractivity contribution in [2.75, 3.05) is 25.1 Å². The molecular formula is C21H18F3N5O3. The molecule has 0 aliphatic carbocycles. The standard InChI is InChI=1S/C21H18F3N5O3/c1-31-20(9-8-14-2-4-15(5-3-14)21(22,23)24)10-11-29(13-20)18-7-6-16(26-27-18)19-25-17(12-30)28-32-19/h2-7,30H,10-13H2,1H3. The minimum atomic E-state index is -4.38. The number of hydrogen-bond donors (Lipinski definition) is 1. The molecule has 0 bridgehead atoms. The molecule has 1 aliphatic heterocycles. The van der Waals surface area contributed by atoms with Gasteiger partial charge in [-0.1, -0.05) is 17.0 Å². The average molecular weight is 445 g/mol. The summed E-state index contributed by atoms with van der Waals surface area (Å²) >= 11 is 0. The van der Waals surface area contributed by atoms with Crippen molar-refractivity contribution in [3.05, 3.63) is 53.3 Å². The summed E-state index contributed by atoms with van der Waals surface area (Å²) in [5.41, 5.74) is -0.656. The van der Waals surface area contributed by atoms with E-state index < -0.39 is 17.3 Å². The maximum absolute atomic E-state index is 12.7. The third-order valence-corrected chi connectivity index (χ3v) is 5.07. The Morgan fingerprint density at radius 3 is 2.56 bits per heavy atom. The van der Waals surface area contributed by atoms with Crippen molar-refractivity contribution in [3.8, 4) is 23.4 Å². The van der Waals surface area contributed by atoms with E-state index >= 15 is 0 Å². The number of aliphatic hydroxyl groups excluding tert-OH is 1. The van der Waals surface area contributed by atoms with Gasteiger partial charge >= 0.3 is 6.18 Å². The van der Waals surface area contributed by atoms with Crippen molar-refractivity contribution in [2.45, 2.75) is 24.8 Å². The number of hydrogen-bond acceptors (Lipinski definition) is 8. The molecule has 1 aromatic carbocycles. The first-order valence-corrected chi connectivity index (χ1v) is 9.60. The lowest BCUT2D eigenvalue weighted by atomic mass is 10.0. The molecule has 1 atom stereocenters. The molecule has 0 spiro atoms. The molecule has 1 fully saturated rings. The van der Waals surface area contributed by atoms with Crippen LogP contribution in [0, 0.1) is 11.8 Å². The summed E-state index contributed by atoms with van der Waals surface area (Å²) in [4.78, 5) is 5.94. The van der Waals surface area contributed by atoms with Gasteiger partial charge in [-0.05, 0) is 36.4 Å². The van der Waals surface area contributed by atoms with E-state index in [0.29, 0.717) is 36.6 Å². The van der Waals surface area contributed by atoms with Gasteiger partial charge in [0, 0.05) is 25.6 Å².